The molecule has 0 amide bonds. The van der Waals surface area contributed by atoms with Gasteiger partial charge in [-0.1, -0.05) is 12.1 Å². The van der Waals surface area contributed by atoms with Gasteiger partial charge in [-0.25, -0.2) is 9.78 Å². The molecule has 0 aliphatic rings. The Labute approximate surface area is 102 Å². The maximum Gasteiger partial charge on any atom is 0.353 e. The van der Waals surface area contributed by atoms with Crippen molar-refractivity contribution in [3.63, 3.8) is 0 Å². The molecule has 2 aromatic heterocycles. The van der Waals surface area contributed by atoms with Gasteiger partial charge in [0.25, 0.3) is 0 Å². The number of aromatic carboxylic acids is 1. The summed E-state index contributed by atoms with van der Waals surface area (Å²) in [5, 5.41) is 15.4. The van der Waals surface area contributed by atoms with Crippen molar-refractivity contribution >= 4 is 17.0 Å². The van der Waals surface area contributed by atoms with Crippen LogP contribution in [-0.4, -0.2) is 30.8 Å². The Kier molecular flexibility index (Phi) is 2.16. The van der Waals surface area contributed by atoms with Gasteiger partial charge in [-0.2, -0.15) is 5.10 Å². The highest BCUT2D eigenvalue weighted by Gasteiger charge is 2.13. The van der Waals surface area contributed by atoms with Gasteiger partial charge in [0.05, 0.1) is 23.1 Å². The van der Waals surface area contributed by atoms with Gasteiger partial charge in [0.1, 0.15) is 5.69 Å². The number of fused-ring (bicyclic) bond motifs is 1. The van der Waals surface area contributed by atoms with E-state index in [4.69, 9.17) is 5.11 Å². The van der Waals surface area contributed by atoms with Gasteiger partial charge in [0, 0.05) is 12.6 Å². The number of carbonyl (C=O) groups is 1. The minimum Gasteiger partial charge on any atom is -0.477 e. The standard InChI is InChI=1S/C12H10N4O2/c1-16-6-13-11-7(3-2-4-10(11)16)8-5-9(12(17)18)15-14-8/h2-6H,1H3,(H,14,15)(H,17,18). The molecule has 18 heavy (non-hydrogen) atoms. The van der Waals surface area contributed by atoms with Crippen LogP contribution >= 0.6 is 0 Å². The topological polar surface area (TPSA) is 83.8 Å². The van der Waals surface area contributed by atoms with E-state index in [0.29, 0.717) is 5.69 Å². The summed E-state index contributed by atoms with van der Waals surface area (Å²) in [7, 11) is 1.91. The fourth-order valence-corrected chi connectivity index (χ4v) is 1.93. The number of aryl methyl sites for hydroxylation is 1. The highest BCUT2D eigenvalue weighted by molar-refractivity contribution is 5.93. The Hall–Kier alpha value is -2.63. The molecule has 6 nitrogen and oxygen atoms in total. The summed E-state index contributed by atoms with van der Waals surface area (Å²) >= 11 is 0. The average Bonchev–Trinajstić information content (AvgIpc) is 2.97. The highest BCUT2D eigenvalue weighted by Crippen LogP contribution is 2.26. The SMILES string of the molecule is Cn1cnc2c(-c3cc(C(=O)O)[nH]n3)cccc21. The number of benzene rings is 1. The van der Waals surface area contributed by atoms with Gasteiger partial charge in [-0.3, -0.25) is 5.10 Å². The number of carboxylic acid groups (broad SMARTS) is 1. The molecule has 6 heteroatoms. The summed E-state index contributed by atoms with van der Waals surface area (Å²) in [6.07, 6.45) is 1.72. The molecular weight excluding hydrogens is 232 g/mol. The summed E-state index contributed by atoms with van der Waals surface area (Å²) in [6.45, 7) is 0. The molecule has 0 fully saturated rings. The average molecular weight is 242 g/mol. The molecule has 1 aromatic carbocycles. The van der Waals surface area contributed by atoms with Crippen LogP contribution in [0.25, 0.3) is 22.3 Å². The van der Waals surface area contributed by atoms with Crippen LogP contribution in [0.1, 0.15) is 10.5 Å². The molecule has 3 aromatic rings. The summed E-state index contributed by atoms with van der Waals surface area (Å²) < 4.78 is 1.91. The number of para-hydroxylation sites is 1. The first-order valence-electron chi connectivity index (χ1n) is 5.36. The van der Waals surface area contributed by atoms with E-state index in [0.717, 1.165) is 16.6 Å². The first-order valence-corrected chi connectivity index (χ1v) is 5.36. The number of rotatable bonds is 2. The van der Waals surface area contributed by atoms with Crippen LogP contribution in [0.3, 0.4) is 0 Å². The van der Waals surface area contributed by atoms with Crippen molar-refractivity contribution in [3.05, 3.63) is 36.3 Å². The molecule has 0 radical (unpaired) electrons. The van der Waals surface area contributed by atoms with Crippen molar-refractivity contribution < 1.29 is 9.90 Å². The highest BCUT2D eigenvalue weighted by atomic mass is 16.4. The largest absolute Gasteiger partial charge is 0.477 e. The van der Waals surface area contributed by atoms with Crippen molar-refractivity contribution in [3.8, 4) is 11.3 Å². The summed E-state index contributed by atoms with van der Waals surface area (Å²) in [6, 6.07) is 7.23. The zero-order valence-electron chi connectivity index (χ0n) is 9.58. The number of carboxylic acids is 1. The lowest BCUT2D eigenvalue weighted by Gasteiger charge is -1.98. The Balaban J connectivity index is 2.21. The fraction of sp³-hybridized carbons (Fsp3) is 0.0833. The van der Waals surface area contributed by atoms with Crippen LogP contribution in [0, 0.1) is 0 Å². The Morgan fingerprint density at radius 3 is 3.00 bits per heavy atom. The number of nitrogens with one attached hydrogen (secondary N) is 1. The zero-order chi connectivity index (χ0) is 12.7. The molecule has 2 N–H and O–H groups in total. The third-order valence-corrected chi connectivity index (χ3v) is 2.84. The van der Waals surface area contributed by atoms with Crippen LogP contribution in [-0.2, 0) is 7.05 Å². The molecule has 2 heterocycles. The van der Waals surface area contributed by atoms with E-state index in [-0.39, 0.29) is 5.69 Å². The van der Waals surface area contributed by atoms with E-state index in [1.807, 2.05) is 29.8 Å². The first-order chi connectivity index (χ1) is 8.66. The van der Waals surface area contributed by atoms with Crippen LogP contribution in [0.2, 0.25) is 0 Å². The lowest BCUT2D eigenvalue weighted by molar-refractivity contribution is 0.0690. The Morgan fingerprint density at radius 2 is 2.28 bits per heavy atom. The predicted molar refractivity (Wildman–Crippen MR) is 65.3 cm³/mol. The molecule has 0 unspecified atom stereocenters. The third kappa shape index (κ3) is 1.46. The molecule has 0 saturated heterocycles. The maximum atomic E-state index is 10.8. The molecule has 0 bridgehead atoms. The fourth-order valence-electron chi connectivity index (χ4n) is 1.93. The number of hydrogen-bond donors (Lipinski definition) is 2. The van der Waals surface area contributed by atoms with Crippen molar-refractivity contribution in [1.82, 2.24) is 19.7 Å². The second kappa shape index (κ2) is 3.69. The lowest BCUT2D eigenvalue weighted by Crippen LogP contribution is -1.95. The number of hydrogen-bond acceptors (Lipinski definition) is 3. The Bertz CT molecular complexity index is 741. The van der Waals surface area contributed by atoms with Gasteiger partial charge in [0.15, 0.2) is 0 Å². The van der Waals surface area contributed by atoms with E-state index in [1.54, 1.807) is 6.33 Å². The summed E-state index contributed by atoms with van der Waals surface area (Å²) in [5.74, 6) is -1.03. The second-order valence-corrected chi connectivity index (χ2v) is 4.00. The predicted octanol–water partition coefficient (Wildman–Crippen LogP) is 1.66. The van der Waals surface area contributed by atoms with Gasteiger partial charge < -0.3 is 9.67 Å². The van der Waals surface area contributed by atoms with Crippen LogP contribution < -0.4 is 0 Å². The molecule has 0 aliphatic heterocycles. The Morgan fingerprint density at radius 1 is 1.44 bits per heavy atom. The maximum absolute atomic E-state index is 10.8. The summed E-state index contributed by atoms with van der Waals surface area (Å²) in [5.41, 5.74) is 3.25. The van der Waals surface area contributed by atoms with Crippen LogP contribution in [0.4, 0.5) is 0 Å². The van der Waals surface area contributed by atoms with Gasteiger partial charge in [0.2, 0.25) is 0 Å². The number of H-pyrrole nitrogens is 1. The van der Waals surface area contributed by atoms with Crippen LogP contribution in [0.15, 0.2) is 30.6 Å². The number of aromatic nitrogens is 4. The van der Waals surface area contributed by atoms with Crippen molar-refractivity contribution in [1.29, 1.82) is 0 Å². The van der Waals surface area contributed by atoms with E-state index in [1.165, 1.54) is 6.07 Å². The van der Waals surface area contributed by atoms with Crippen molar-refractivity contribution in [2.45, 2.75) is 0 Å². The molecule has 0 atom stereocenters. The van der Waals surface area contributed by atoms with E-state index in [2.05, 4.69) is 15.2 Å². The third-order valence-electron chi connectivity index (χ3n) is 2.84. The smallest absolute Gasteiger partial charge is 0.353 e. The van der Waals surface area contributed by atoms with E-state index < -0.39 is 5.97 Å². The molecular formula is C12H10N4O2. The van der Waals surface area contributed by atoms with Gasteiger partial charge in [-0.15, -0.1) is 0 Å². The molecule has 0 spiro atoms. The minimum absolute atomic E-state index is 0.0675. The molecule has 0 saturated carbocycles. The lowest BCUT2D eigenvalue weighted by atomic mass is 10.1. The minimum atomic E-state index is -1.03. The zero-order valence-corrected chi connectivity index (χ0v) is 9.58. The van der Waals surface area contributed by atoms with E-state index >= 15 is 0 Å². The second-order valence-electron chi connectivity index (χ2n) is 4.00. The molecule has 3 rings (SSSR count). The quantitative estimate of drug-likeness (QED) is 0.715. The van der Waals surface area contributed by atoms with Crippen LogP contribution in [0.5, 0.6) is 0 Å². The first kappa shape index (κ1) is 10.5. The number of imidazole rings is 1. The monoisotopic (exact) mass is 242 g/mol. The normalized spacial score (nSPS) is 10.9. The van der Waals surface area contributed by atoms with E-state index in [9.17, 15) is 4.79 Å². The number of nitrogens with zero attached hydrogens (tertiary/aromatic N) is 3. The summed E-state index contributed by atoms with van der Waals surface area (Å²) in [4.78, 5) is 15.1. The molecule has 90 valence electrons. The number of aromatic amines is 1. The van der Waals surface area contributed by atoms with Gasteiger partial charge >= 0.3 is 5.97 Å². The molecule has 0 aliphatic carbocycles. The van der Waals surface area contributed by atoms with Crippen molar-refractivity contribution in [2.24, 2.45) is 7.05 Å². The van der Waals surface area contributed by atoms with Crippen molar-refractivity contribution in [2.75, 3.05) is 0 Å². The van der Waals surface area contributed by atoms with Gasteiger partial charge in [-0.05, 0) is 12.1 Å².